The van der Waals surface area contributed by atoms with Gasteiger partial charge in [0.2, 0.25) is 5.91 Å². The number of carbonyl (C=O) groups is 1. The van der Waals surface area contributed by atoms with Crippen LogP contribution in [0.15, 0.2) is 48.5 Å². The van der Waals surface area contributed by atoms with Crippen molar-refractivity contribution in [3.8, 4) is 16.9 Å². The van der Waals surface area contributed by atoms with E-state index in [2.05, 4.69) is 49.5 Å². The molecule has 0 saturated carbocycles. The van der Waals surface area contributed by atoms with Crippen LogP contribution in [-0.4, -0.2) is 37.0 Å². The molecule has 4 nitrogen and oxygen atoms in total. The van der Waals surface area contributed by atoms with Crippen LogP contribution in [0, 0.1) is 5.92 Å². The fourth-order valence-corrected chi connectivity index (χ4v) is 3.48. The van der Waals surface area contributed by atoms with Gasteiger partial charge in [-0.1, -0.05) is 42.5 Å². The minimum absolute atomic E-state index is 0.116. The molecule has 2 aromatic carbocycles. The predicted molar refractivity (Wildman–Crippen MR) is 105 cm³/mol. The summed E-state index contributed by atoms with van der Waals surface area (Å²) in [5.74, 6) is 1.25. The molecule has 1 aliphatic heterocycles. The van der Waals surface area contributed by atoms with Crippen LogP contribution in [0.4, 0.5) is 0 Å². The number of methoxy groups -OCH3 is 1. The highest BCUT2D eigenvalue weighted by Gasteiger charge is 2.28. The van der Waals surface area contributed by atoms with Crippen molar-refractivity contribution < 1.29 is 9.53 Å². The van der Waals surface area contributed by atoms with Gasteiger partial charge < -0.3 is 15.0 Å². The molecule has 1 saturated heterocycles. The molecule has 1 aliphatic rings. The fourth-order valence-electron chi connectivity index (χ4n) is 3.48. The first-order valence-corrected chi connectivity index (χ1v) is 9.33. The number of amides is 1. The van der Waals surface area contributed by atoms with Gasteiger partial charge in [0.1, 0.15) is 5.75 Å². The summed E-state index contributed by atoms with van der Waals surface area (Å²) in [6.45, 7) is 6.57. The number of rotatable bonds is 6. The van der Waals surface area contributed by atoms with Crippen molar-refractivity contribution in [2.24, 2.45) is 5.92 Å². The molecular weight excluding hydrogens is 324 g/mol. The van der Waals surface area contributed by atoms with Crippen molar-refractivity contribution in [2.45, 2.75) is 32.9 Å². The van der Waals surface area contributed by atoms with Crippen LogP contribution in [0.2, 0.25) is 0 Å². The highest BCUT2D eigenvalue weighted by molar-refractivity contribution is 5.79. The molecule has 1 amide bonds. The lowest BCUT2D eigenvalue weighted by Gasteiger charge is -2.29. The van der Waals surface area contributed by atoms with Crippen LogP contribution in [0.3, 0.4) is 0 Å². The number of hydrogen-bond donors (Lipinski definition) is 1. The molecular formula is C22H28N2O2. The summed E-state index contributed by atoms with van der Waals surface area (Å²) in [5.41, 5.74) is 3.35. The fraction of sp³-hybridized carbons (Fsp3) is 0.409. The highest BCUT2D eigenvalue weighted by Crippen LogP contribution is 2.30. The normalized spacial score (nSPS) is 16.7. The van der Waals surface area contributed by atoms with Crippen LogP contribution < -0.4 is 10.1 Å². The minimum atomic E-state index is 0.116. The molecule has 2 aromatic rings. The summed E-state index contributed by atoms with van der Waals surface area (Å²) in [5, 5.41) is 3.29. The zero-order chi connectivity index (χ0) is 18.5. The Morgan fingerprint density at radius 2 is 1.92 bits per heavy atom. The number of nitrogens with zero attached hydrogens (tertiary/aromatic N) is 1. The van der Waals surface area contributed by atoms with Gasteiger partial charge in [0.25, 0.3) is 0 Å². The summed E-state index contributed by atoms with van der Waals surface area (Å²) in [4.78, 5) is 14.8. The number of hydrogen-bond acceptors (Lipinski definition) is 3. The number of benzene rings is 2. The van der Waals surface area contributed by atoms with Gasteiger partial charge in [-0.3, -0.25) is 4.79 Å². The quantitative estimate of drug-likeness (QED) is 0.862. The Kier molecular flexibility index (Phi) is 5.94. The third kappa shape index (κ3) is 4.07. The third-order valence-electron chi connectivity index (χ3n) is 5.04. The molecule has 3 rings (SSSR count). The van der Waals surface area contributed by atoms with Gasteiger partial charge in [0.15, 0.2) is 0 Å². The standard InChI is InChI=1S/C22H28N2O2/c1-16(2)24(22(25)19-12-13-23-14-19)15-17-8-10-18(11-9-17)20-6-4-5-7-21(20)26-3/h4-11,16,19,23H,12-15H2,1-3H3. The lowest BCUT2D eigenvalue weighted by atomic mass is 10.0. The van der Waals surface area contributed by atoms with E-state index in [0.717, 1.165) is 42.0 Å². The van der Waals surface area contributed by atoms with Crippen molar-refractivity contribution in [2.75, 3.05) is 20.2 Å². The first kappa shape index (κ1) is 18.5. The van der Waals surface area contributed by atoms with Crippen molar-refractivity contribution in [3.05, 3.63) is 54.1 Å². The molecule has 0 aliphatic carbocycles. The first-order valence-electron chi connectivity index (χ1n) is 9.33. The van der Waals surface area contributed by atoms with Crippen LogP contribution in [0.25, 0.3) is 11.1 Å². The van der Waals surface area contributed by atoms with Crippen molar-refractivity contribution in [1.82, 2.24) is 10.2 Å². The Bertz CT molecular complexity index is 734. The van der Waals surface area contributed by atoms with E-state index in [0.29, 0.717) is 6.54 Å². The Morgan fingerprint density at radius 1 is 1.19 bits per heavy atom. The molecule has 0 spiro atoms. The van der Waals surface area contributed by atoms with E-state index in [1.165, 1.54) is 0 Å². The number of nitrogens with one attached hydrogen (secondary N) is 1. The summed E-state index contributed by atoms with van der Waals surface area (Å²) in [7, 11) is 1.69. The average Bonchev–Trinajstić information content (AvgIpc) is 3.20. The van der Waals surface area contributed by atoms with Crippen LogP contribution >= 0.6 is 0 Å². The predicted octanol–water partition coefficient (Wildman–Crippen LogP) is 3.71. The molecule has 1 N–H and O–H groups in total. The zero-order valence-electron chi connectivity index (χ0n) is 15.9. The van der Waals surface area contributed by atoms with E-state index in [1.807, 2.05) is 23.1 Å². The number of carbonyl (C=O) groups excluding carboxylic acids is 1. The summed E-state index contributed by atoms with van der Waals surface area (Å²) >= 11 is 0. The maximum Gasteiger partial charge on any atom is 0.227 e. The molecule has 26 heavy (non-hydrogen) atoms. The molecule has 0 bridgehead atoms. The van der Waals surface area contributed by atoms with Gasteiger partial charge >= 0.3 is 0 Å². The molecule has 1 heterocycles. The van der Waals surface area contributed by atoms with Gasteiger partial charge in [-0.25, -0.2) is 0 Å². The summed E-state index contributed by atoms with van der Waals surface area (Å²) in [6.07, 6.45) is 0.939. The Balaban J connectivity index is 1.75. The first-order chi connectivity index (χ1) is 12.6. The second-order valence-electron chi connectivity index (χ2n) is 7.15. The maximum absolute atomic E-state index is 12.8. The van der Waals surface area contributed by atoms with E-state index >= 15 is 0 Å². The van der Waals surface area contributed by atoms with E-state index in [1.54, 1.807) is 7.11 Å². The van der Waals surface area contributed by atoms with Crippen LogP contribution in [-0.2, 0) is 11.3 Å². The lowest BCUT2D eigenvalue weighted by molar-refractivity contribution is -0.137. The second kappa shape index (κ2) is 8.37. The largest absolute Gasteiger partial charge is 0.496 e. The van der Waals surface area contributed by atoms with Gasteiger partial charge in [-0.05, 0) is 44.0 Å². The van der Waals surface area contributed by atoms with E-state index < -0.39 is 0 Å². The van der Waals surface area contributed by atoms with Gasteiger partial charge in [-0.2, -0.15) is 0 Å². The minimum Gasteiger partial charge on any atom is -0.496 e. The molecule has 1 unspecified atom stereocenters. The smallest absolute Gasteiger partial charge is 0.227 e. The summed E-state index contributed by atoms with van der Waals surface area (Å²) < 4.78 is 5.46. The van der Waals surface area contributed by atoms with Crippen LogP contribution in [0.5, 0.6) is 5.75 Å². The second-order valence-corrected chi connectivity index (χ2v) is 7.15. The van der Waals surface area contributed by atoms with Gasteiger partial charge in [-0.15, -0.1) is 0 Å². The molecule has 0 radical (unpaired) electrons. The van der Waals surface area contributed by atoms with Crippen molar-refractivity contribution >= 4 is 5.91 Å². The number of para-hydroxylation sites is 1. The molecule has 1 fully saturated rings. The number of ether oxygens (including phenoxy) is 1. The Morgan fingerprint density at radius 3 is 2.54 bits per heavy atom. The van der Waals surface area contributed by atoms with E-state index in [-0.39, 0.29) is 17.9 Å². The van der Waals surface area contributed by atoms with Gasteiger partial charge in [0, 0.05) is 24.7 Å². The van der Waals surface area contributed by atoms with E-state index in [9.17, 15) is 4.79 Å². The average molecular weight is 352 g/mol. The highest BCUT2D eigenvalue weighted by atomic mass is 16.5. The molecule has 4 heteroatoms. The van der Waals surface area contributed by atoms with Gasteiger partial charge in [0.05, 0.1) is 13.0 Å². The topological polar surface area (TPSA) is 41.6 Å². The summed E-state index contributed by atoms with van der Waals surface area (Å²) in [6, 6.07) is 16.6. The van der Waals surface area contributed by atoms with E-state index in [4.69, 9.17) is 4.74 Å². The lowest BCUT2D eigenvalue weighted by Crippen LogP contribution is -2.41. The zero-order valence-corrected chi connectivity index (χ0v) is 15.9. The maximum atomic E-state index is 12.8. The van der Waals surface area contributed by atoms with Crippen LogP contribution in [0.1, 0.15) is 25.8 Å². The molecule has 0 aromatic heterocycles. The molecule has 1 atom stereocenters. The van der Waals surface area contributed by atoms with Crippen molar-refractivity contribution in [1.29, 1.82) is 0 Å². The Labute approximate surface area is 156 Å². The molecule has 138 valence electrons. The SMILES string of the molecule is COc1ccccc1-c1ccc(CN(C(=O)C2CCNC2)C(C)C)cc1. The third-order valence-corrected chi connectivity index (χ3v) is 5.04. The monoisotopic (exact) mass is 352 g/mol. The Hall–Kier alpha value is -2.33. The van der Waals surface area contributed by atoms with Crippen molar-refractivity contribution in [3.63, 3.8) is 0 Å².